The van der Waals surface area contributed by atoms with Gasteiger partial charge in [0.1, 0.15) is 12.7 Å². The third-order valence-corrected chi connectivity index (χ3v) is 1.98. The van der Waals surface area contributed by atoms with Crippen molar-refractivity contribution in [3.63, 3.8) is 0 Å². The highest BCUT2D eigenvalue weighted by atomic mass is 16.8. The molecule has 1 N–H and O–H groups in total. The molecule has 1 fully saturated rings. The number of ether oxygens (including phenoxy) is 2. The van der Waals surface area contributed by atoms with Gasteiger partial charge >= 0.3 is 12.1 Å². The molecule has 0 aromatic heterocycles. The molecule has 5 heteroatoms. The Morgan fingerprint density at radius 1 is 1.44 bits per heavy atom. The number of unbranched alkanes of at least 4 members (excludes halogenated alkanes) is 3. The molecular formula is C11H20O5. The smallest absolute Gasteiger partial charge is 0.481 e. The second-order valence-corrected chi connectivity index (χ2v) is 3.69. The first-order valence-electron chi connectivity index (χ1n) is 5.61. The molecule has 0 spiro atoms. The van der Waals surface area contributed by atoms with Crippen molar-refractivity contribution in [3.05, 3.63) is 0 Å². The Hall–Kier alpha value is -1.26. The number of hydrogen-bond donors (Lipinski definition) is 1. The van der Waals surface area contributed by atoms with Crippen molar-refractivity contribution < 1.29 is 24.2 Å². The molecule has 0 aromatic rings. The highest BCUT2D eigenvalue weighted by molar-refractivity contribution is 5.66. The van der Waals surface area contributed by atoms with Crippen LogP contribution in [0.1, 0.15) is 46.0 Å². The summed E-state index contributed by atoms with van der Waals surface area (Å²) in [5.74, 6) is -0.675. The van der Waals surface area contributed by atoms with Gasteiger partial charge in [-0.3, -0.25) is 4.79 Å². The first-order valence-corrected chi connectivity index (χ1v) is 5.61. The van der Waals surface area contributed by atoms with Gasteiger partial charge in [-0.05, 0) is 13.3 Å². The number of carbonyl (C=O) groups is 2. The van der Waals surface area contributed by atoms with Crippen molar-refractivity contribution in [1.82, 2.24) is 0 Å². The van der Waals surface area contributed by atoms with Crippen LogP contribution in [0, 0.1) is 0 Å². The molecule has 5 nitrogen and oxygen atoms in total. The van der Waals surface area contributed by atoms with Crippen LogP contribution >= 0.6 is 0 Å². The van der Waals surface area contributed by atoms with Crippen molar-refractivity contribution in [2.75, 3.05) is 6.61 Å². The molecule has 1 aliphatic heterocycles. The van der Waals surface area contributed by atoms with Gasteiger partial charge in [-0.15, -0.1) is 0 Å². The standard InChI is InChI=1S/C7H14O2.C4H6O3/c1-2-3-4-5-6-7(8)9;1-3-2-6-4(5)7-3/h2-6H2,1H3,(H,8,9);3H,2H2,1H3. The third-order valence-electron chi connectivity index (χ3n) is 1.98. The number of carboxylic acids is 1. The van der Waals surface area contributed by atoms with Crippen molar-refractivity contribution in [2.45, 2.75) is 52.1 Å². The van der Waals surface area contributed by atoms with Crippen LogP contribution in [0.3, 0.4) is 0 Å². The van der Waals surface area contributed by atoms with Gasteiger partial charge in [0.05, 0.1) is 0 Å². The summed E-state index contributed by atoms with van der Waals surface area (Å²) >= 11 is 0. The van der Waals surface area contributed by atoms with Crippen molar-refractivity contribution >= 4 is 12.1 Å². The zero-order valence-corrected chi connectivity index (χ0v) is 9.90. The van der Waals surface area contributed by atoms with Crippen LogP contribution in [0.4, 0.5) is 4.79 Å². The van der Waals surface area contributed by atoms with Gasteiger partial charge in [-0.2, -0.15) is 0 Å². The number of hydrogen-bond acceptors (Lipinski definition) is 4. The Kier molecular flexibility index (Phi) is 8.29. The fraction of sp³-hybridized carbons (Fsp3) is 0.818. The topological polar surface area (TPSA) is 72.8 Å². The van der Waals surface area contributed by atoms with E-state index < -0.39 is 12.1 Å². The maximum atomic E-state index is 10.0. The van der Waals surface area contributed by atoms with Crippen LogP contribution < -0.4 is 0 Å². The Balaban J connectivity index is 0.000000288. The zero-order valence-electron chi connectivity index (χ0n) is 9.90. The highest BCUT2D eigenvalue weighted by Gasteiger charge is 2.19. The maximum Gasteiger partial charge on any atom is 0.508 e. The van der Waals surface area contributed by atoms with E-state index in [9.17, 15) is 9.59 Å². The van der Waals surface area contributed by atoms with Crippen LogP contribution in [0.5, 0.6) is 0 Å². The number of aliphatic carboxylic acids is 1. The molecule has 1 aliphatic rings. The van der Waals surface area contributed by atoms with E-state index in [-0.39, 0.29) is 6.10 Å². The lowest BCUT2D eigenvalue weighted by molar-refractivity contribution is -0.137. The van der Waals surface area contributed by atoms with Gasteiger partial charge in [0.2, 0.25) is 0 Å². The van der Waals surface area contributed by atoms with E-state index in [1.807, 2.05) is 0 Å². The number of rotatable bonds is 5. The zero-order chi connectivity index (χ0) is 12.4. The number of cyclic esters (lactones) is 2. The van der Waals surface area contributed by atoms with Gasteiger partial charge < -0.3 is 14.6 Å². The Morgan fingerprint density at radius 2 is 2.12 bits per heavy atom. The van der Waals surface area contributed by atoms with Crippen LogP contribution in [0.15, 0.2) is 0 Å². The van der Waals surface area contributed by atoms with Gasteiger partial charge in [-0.1, -0.05) is 26.2 Å². The fourth-order valence-corrected chi connectivity index (χ4v) is 1.12. The Labute approximate surface area is 95.7 Å². The molecular weight excluding hydrogens is 212 g/mol. The molecule has 1 atom stereocenters. The number of carbonyl (C=O) groups excluding carboxylic acids is 1. The molecule has 1 rings (SSSR count). The second kappa shape index (κ2) is 9.00. The summed E-state index contributed by atoms with van der Waals surface area (Å²) in [6.45, 7) is 4.30. The van der Waals surface area contributed by atoms with Crippen LogP contribution in [0.2, 0.25) is 0 Å². The molecule has 0 aromatic carbocycles. The van der Waals surface area contributed by atoms with Crippen molar-refractivity contribution in [2.24, 2.45) is 0 Å². The van der Waals surface area contributed by atoms with E-state index in [4.69, 9.17) is 5.11 Å². The molecule has 16 heavy (non-hydrogen) atoms. The predicted molar refractivity (Wildman–Crippen MR) is 58.3 cm³/mol. The lowest BCUT2D eigenvalue weighted by atomic mass is 10.2. The van der Waals surface area contributed by atoms with Crippen LogP contribution in [0.25, 0.3) is 0 Å². The minimum atomic E-state index is -0.675. The molecule has 1 saturated heterocycles. The molecule has 0 amide bonds. The minimum Gasteiger partial charge on any atom is -0.481 e. The van der Waals surface area contributed by atoms with E-state index >= 15 is 0 Å². The normalized spacial score (nSPS) is 18.1. The first-order chi connectivity index (χ1) is 7.56. The molecule has 0 aliphatic carbocycles. The average Bonchev–Trinajstić information content (AvgIpc) is 2.58. The maximum absolute atomic E-state index is 10.0. The van der Waals surface area contributed by atoms with Crippen LogP contribution in [-0.2, 0) is 14.3 Å². The summed E-state index contributed by atoms with van der Waals surface area (Å²) in [6, 6.07) is 0. The summed E-state index contributed by atoms with van der Waals surface area (Å²) in [5, 5.41) is 8.21. The molecule has 0 bridgehead atoms. The van der Waals surface area contributed by atoms with Crippen molar-refractivity contribution in [1.29, 1.82) is 0 Å². The molecule has 1 unspecified atom stereocenters. The SMILES string of the molecule is CC1COC(=O)O1.CCCCCCC(=O)O. The summed E-state index contributed by atoms with van der Waals surface area (Å²) < 4.78 is 8.90. The average molecular weight is 232 g/mol. The third kappa shape index (κ3) is 9.30. The van der Waals surface area contributed by atoms with E-state index in [0.717, 1.165) is 19.3 Å². The quantitative estimate of drug-likeness (QED) is 0.582. The van der Waals surface area contributed by atoms with E-state index in [1.54, 1.807) is 6.92 Å². The van der Waals surface area contributed by atoms with E-state index in [1.165, 1.54) is 6.42 Å². The summed E-state index contributed by atoms with van der Waals surface area (Å²) in [4.78, 5) is 20.0. The molecule has 1 heterocycles. The van der Waals surface area contributed by atoms with E-state index in [2.05, 4.69) is 16.4 Å². The summed E-state index contributed by atoms with van der Waals surface area (Å²) in [6.07, 6.45) is 3.96. The second-order valence-electron chi connectivity index (χ2n) is 3.69. The summed E-state index contributed by atoms with van der Waals surface area (Å²) in [7, 11) is 0. The minimum absolute atomic E-state index is 0.0486. The van der Waals surface area contributed by atoms with Crippen LogP contribution in [-0.4, -0.2) is 29.9 Å². The summed E-state index contributed by atoms with van der Waals surface area (Å²) in [5.41, 5.74) is 0. The molecule has 0 saturated carbocycles. The number of carboxylic acid groups (broad SMARTS) is 1. The molecule has 0 radical (unpaired) electrons. The lowest BCUT2D eigenvalue weighted by Crippen LogP contribution is -2.01. The fourth-order valence-electron chi connectivity index (χ4n) is 1.12. The van der Waals surface area contributed by atoms with Gasteiger partial charge in [0, 0.05) is 6.42 Å². The van der Waals surface area contributed by atoms with Gasteiger partial charge in [0.25, 0.3) is 0 Å². The monoisotopic (exact) mass is 232 g/mol. The predicted octanol–water partition coefficient (Wildman–Crippen LogP) is 2.58. The largest absolute Gasteiger partial charge is 0.508 e. The first kappa shape index (κ1) is 14.7. The van der Waals surface area contributed by atoms with Crippen molar-refractivity contribution in [3.8, 4) is 0 Å². The highest BCUT2D eigenvalue weighted by Crippen LogP contribution is 2.03. The van der Waals surface area contributed by atoms with Gasteiger partial charge in [-0.25, -0.2) is 4.79 Å². The van der Waals surface area contributed by atoms with E-state index in [0.29, 0.717) is 13.0 Å². The van der Waals surface area contributed by atoms with Gasteiger partial charge in [0.15, 0.2) is 0 Å². The Morgan fingerprint density at radius 3 is 2.44 bits per heavy atom. The lowest BCUT2D eigenvalue weighted by Gasteiger charge is -1.92. The Bertz CT molecular complexity index is 214. The molecule has 94 valence electrons.